The number of hydrogen-bond donors (Lipinski definition) is 4. The third-order valence-corrected chi connectivity index (χ3v) is 2.17. The molecule has 0 fully saturated rings. The number of primary amides is 1. The molecule has 5 N–H and O–H groups in total. The molecule has 1 aromatic carbocycles. The number of phenols is 1. The van der Waals surface area contributed by atoms with Crippen LogP contribution in [-0.4, -0.2) is 31.3 Å². The maximum Gasteiger partial charge on any atom is 0.312 e. The Hall–Kier alpha value is -1.95. The van der Waals surface area contributed by atoms with Gasteiger partial charge in [0.25, 0.3) is 0 Å². The summed E-state index contributed by atoms with van der Waals surface area (Å²) in [7, 11) is 1.50. The molecule has 6 heteroatoms. The molecule has 0 aromatic heterocycles. The number of ether oxygens (including phenoxy) is 1. The fourth-order valence-electron chi connectivity index (χ4n) is 1.34. The Kier molecular flexibility index (Phi) is 5.09. The summed E-state index contributed by atoms with van der Waals surface area (Å²) in [6, 6.07) is 4.60. The van der Waals surface area contributed by atoms with E-state index in [4.69, 9.17) is 10.5 Å². The lowest BCUT2D eigenvalue weighted by atomic mass is 10.2. The van der Waals surface area contributed by atoms with E-state index in [1.807, 2.05) is 0 Å². The van der Waals surface area contributed by atoms with Gasteiger partial charge in [-0.3, -0.25) is 0 Å². The van der Waals surface area contributed by atoms with Crippen LogP contribution in [0.1, 0.15) is 5.56 Å². The second-order valence-corrected chi connectivity index (χ2v) is 3.47. The van der Waals surface area contributed by atoms with Crippen LogP contribution in [0.5, 0.6) is 11.5 Å². The third-order valence-electron chi connectivity index (χ3n) is 2.17. The van der Waals surface area contributed by atoms with Gasteiger partial charge in [0, 0.05) is 19.6 Å². The summed E-state index contributed by atoms with van der Waals surface area (Å²) >= 11 is 0. The van der Waals surface area contributed by atoms with Crippen molar-refractivity contribution in [1.29, 1.82) is 0 Å². The maximum atomic E-state index is 10.4. The van der Waals surface area contributed by atoms with Gasteiger partial charge in [-0.2, -0.15) is 0 Å². The van der Waals surface area contributed by atoms with Crippen molar-refractivity contribution in [2.75, 3.05) is 20.2 Å². The van der Waals surface area contributed by atoms with E-state index in [1.54, 1.807) is 18.2 Å². The quantitative estimate of drug-likeness (QED) is 0.532. The Labute approximate surface area is 99.8 Å². The minimum absolute atomic E-state index is 0.117. The van der Waals surface area contributed by atoms with Gasteiger partial charge in [-0.15, -0.1) is 0 Å². The fourth-order valence-corrected chi connectivity index (χ4v) is 1.34. The lowest BCUT2D eigenvalue weighted by Crippen LogP contribution is -2.35. The molecule has 0 heterocycles. The largest absolute Gasteiger partial charge is 0.504 e. The summed E-state index contributed by atoms with van der Waals surface area (Å²) in [6.45, 7) is 1.72. The number of methoxy groups -OCH3 is 1. The molecule has 0 aliphatic carbocycles. The van der Waals surface area contributed by atoms with Gasteiger partial charge in [-0.1, -0.05) is 6.07 Å². The Morgan fingerprint density at radius 3 is 2.88 bits per heavy atom. The smallest absolute Gasteiger partial charge is 0.312 e. The first kappa shape index (κ1) is 13.1. The lowest BCUT2D eigenvalue weighted by molar-refractivity contribution is 0.249. The standard InChI is InChI=1S/C11H17N3O3/c1-17-10-6-8(2-3-9(10)15)7-13-4-5-14-11(12)16/h2-3,6,13,15H,4-5,7H2,1H3,(H3,12,14,16). The summed E-state index contributed by atoms with van der Waals surface area (Å²) in [5.41, 5.74) is 5.90. The molecular weight excluding hydrogens is 222 g/mol. The molecule has 0 bridgehead atoms. The molecule has 0 aliphatic rings. The molecule has 2 amide bonds. The molecule has 94 valence electrons. The fraction of sp³-hybridized carbons (Fsp3) is 0.364. The highest BCUT2D eigenvalue weighted by atomic mass is 16.5. The molecule has 0 spiro atoms. The normalized spacial score (nSPS) is 9.94. The van der Waals surface area contributed by atoms with Gasteiger partial charge in [0.1, 0.15) is 0 Å². The van der Waals surface area contributed by atoms with Crippen LogP contribution >= 0.6 is 0 Å². The van der Waals surface area contributed by atoms with E-state index in [0.717, 1.165) is 5.56 Å². The van der Waals surface area contributed by atoms with Crippen molar-refractivity contribution >= 4 is 6.03 Å². The SMILES string of the molecule is COc1cc(CNCCNC(N)=O)ccc1O. The number of carbonyl (C=O) groups is 1. The van der Waals surface area contributed by atoms with Crippen molar-refractivity contribution in [2.24, 2.45) is 5.73 Å². The first-order valence-electron chi connectivity index (χ1n) is 5.23. The number of hydrogen-bond acceptors (Lipinski definition) is 4. The van der Waals surface area contributed by atoms with Crippen molar-refractivity contribution in [1.82, 2.24) is 10.6 Å². The number of nitrogens with one attached hydrogen (secondary N) is 2. The van der Waals surface area contributed by atoms with Crippen molar-refractivity contribution in [3.63, 3.8) is 0 Å². The average Bonchev–Trinajstić information content (AvgIpc) is 2.30. The molecule has 0 saturated heterocycles. The Bertz CT molecular complexity index is 382. The number of urea groups is 1. The molecule has 0 atom stereocenters. The van der Waals surface area contributed by atoms with E-state index in [0.29, 0.717) is 25.4 Å². The zero-order chi connectivity index (χ0) is 12.7. The van der Waals surface area contributed by atoms with Gasteiger partial charge in [-0.05, 0) is 17.7 Å². The Morgan fingerprint density at radius 1 is 1.47 bits per heavy atom. The summed E-state index contributed by atoms with van der Waals surface area (Å²) in [5, 5.41) is 15.0. The maximum absolute atomic E-state index is 10.4. The Morgan fingerprint density at radius 2 is 2.24 bits per heavy atom. The van der Waals surface area contributed by atoms with Crippen molar-refractivity contribution in [3.05, 3.63) is 23.8 Å². The first-order chi connectivity index (χ1) is 8.13. The zero-order valence-electron chi connectivity index (χ0n) is 9.69. The predicted molar refractivity (Wildman–Crippen MR) is 64.0 cm³/mol. The van der Waals surface area contributed by atoms with Crippen LogP contribution in [-0.2, 0) is 6.54 Å². The van der Waals surface area contributed by atoms with Gasteiger partial charge in [0.05, 0.1) is 7.11 Å². The van der Waals surface area contributed by atoms with E-state index in [1.165, 1.54) is 7.11 Å². The van der Waals surface area contributed by atoms with E-state index in [-0.39, 0.29) is 5.75 Å². The average molecular weight is 239 g/mol. The second-order valence-electron chi connectivity index (χ2n) is 3.47. The van der Waals surface area contributed by atoms with Crippen LogP contribution in [0.25, 0.3) is 0 Å². The van der Waals surface area contributed by atoms with Gasteiger partial charge in [-0.25, -0.2) is 4.79 Å². The molecule has 1 rings (SSSR count). The third kappa shape index (κ3) is 4.60. The van der Waals surface area contributed by atoms with Gasteiger partial charge >= 0.3 is 6.03 Å². The van der Waals surface area contributed by atoms with E-state index < -0.39 is 6.03 Å². The lowest BCUT2D eigenvalue weighted by Gasteiger charge is -2.08. The minimum Gasteiger partial charge on any atom is -0.504 e. The number of amides is 2. The van der Waals surface area contributed by atoms with Gasteiger partial charge < -0.3 is 26.2 Å². The summed E-state index contributed by atoms with van der Waals surface area (Å²) in [5.74, 6) is 0.561. The molecule has 6 nitrogen and oxygen atoms in total. The van der Waals surface area contributed by atoms with Crippen molar-refractivity contribution < 1.29 is 14.6 Å². The van der Waals surface area contributed by atoms with Crippen molar-refractivity contribution in [3.8, 4) is 11.5 Å². The molecule has 0 saturated carbocycles. The summed E-state index contributed by atoms with van der Waals surface area (Å²) in [4.78, 5) is 10.4. The summed E-state index contributed by atoms with van der Waals surface area (Å²) in [6.07, 6.45) is 0. The van der Waals surface area contributed by atoms with Crippen LogP contribution in [0.15, 0.2) is 18.2 Å². The summed E-state index contributed by atoms with van der Waals surface area (Å²) < 4.78 is 4.99. The van der Waals surface area contributed by atoms with Crippen LogP contribution in [0.2, 0.25) is 0 Å². The first-order valence-corrected chi connectivity index (χ1v) is 5.23. The van der Waals surface area contributed by atoms with Crippen LogP contribution < -0.4 is 21.1 Å². The monoisotopic (exact) mass is 239 g/mol. The van der Waals surface area contributed by atoms with Crippen LogP contribution in [0, 0.1) is 0 Å². The number of carbonyl (C=O) groups excluding carboxylic acids is 1. The molecule has 17 heavy (non-hydrogen) atoms. The zero-order valence-corrected chi connectivity index (χ0v) is 9.69. The second kappa shape index (κ2) is 6.59. The van der Waals surface area contributed by atoms with Crippen LogP contribution in [0.4, 0.5) is 4.79 Å². The predicted octanol–water partition coefficient (Wildman–Crippen LogP) is 0.159. The highest BCUT2D eigenvalue weighted by Crippen LogP contribution is 2.25. The molecule has 0 radical (unpaired) electrons. The number of nitrogens with two attached hydrogens (primary N) is 1. The highest BCUT2D eigenvalue weighted by Gasteiger charge is 2.02. The van der Waals surface area contributed by atoms with Gasteiger partial charge in [0.2, 0.25) is 0 Å². The van der Waals surface area contributed by atoms with E-state index in [2.05, 4.69) is 10.6 Å². The van der Waals surface area contributed by atoms with E-state index in [9.17, 15) is 9.90 Å². The highest BCUT2D eigenvalue weighted by molar-refractivity contribution is 5.71. The molecule has 0 aliphatic heterocycles. The number of benzene rings is 1. The number of phenolic OH excluding ortho intramolecular Hbond substituents is 1. The number of rotatable bonds is 6. The molecule has 1 aromatic rings. The van der Waals surface area contributed by atoms with Crippen LogP contribution in [0.3, 0.4) is 0 Å². The minimum atomic E-state index is -0.530. The molecule has 0 unspecified atom stereocenters. The Balaban J connectivity index is 2.34. The van der Waals surface area contributed by atoms with Crippen molar-refractivity contribution in [2.45, 2.75) is 6.54 Å². The topological polar surface area (TPSA) is 96.6 Å². The van der Waals surface area contributed by atoms with E-state index >= 15 is 0 Å². The van der Waals surface area contributed by atoms with Gasteiger partial charge in [0.15, 0.2) is 11.5 Å². The molecular formula is C11H17N3O3. The number of aromatic hydroxyl groups is 1.